The van der Waals surface area contributed by atoms with Gasteiger partial charge in [0.1, 0.15) is 10.6 Å². The molecule has 1 aliphatic rings. The zero-order valence-electron chi connectivity index (χ0n) is 17.4. The number of halogens is 1. The quantitative estimate of drug-likeness (QED) is 0.468. The van der Waals surface area contributed by atoms with E-state index in [-0.39, 0.29) is 17.5 Å². The first kappa shape index (κ1) is 21.2. The number of nitrogens with zero attached hydrogens (tertiary/aromatic N) is 1. The Morgan fingerprint density at radius 3 is 2.23 bits per heavy atom. The van der Waals surface area contributed by atoms with Crippen LogP contribution in [0.4, 0.5) is 11.4 Å². The molecular formula is C25H21ClN2O2S. The summed E-state index contributed by atoms with van der Waals surface area (Å²) in [5.74, 6) is -0.704. The monoisotopic (exact) mass is 448 g/mol. The van der Waals surface area contributed by atoms with Gasteiger partial charge in [0, 0.05) is 15.6 Å². The number of carbonyl (C=O) groups excluding carboxylic acids is 2. The first-order valence-electron chi connectivity index (χ1n) is 9.81. The summed E-state index contributed by atoms with van der Waals surface area (Å²) in [6.07, 6.45) is 0. The van der Waals surface area contributed by atoms with Gasteiger partial charge in [-0.15, -0.1) is 0 Å². The van der Waals surface area contributed by atoms with Crippen molar-refractivity contribution in [1.29, 1.82) is 0 Å². The molecule has 6 heteroatoms. The van der Waals surface area contributed by atoms with Gasteiger partial charge in [-0.3, -0.25) is 9.59 Å². The fraction of sp³-hybridized carbons (Fsp3) is 0.120. The minimum Gasteiger partial charge on any atom is -0.350 e. The predicted molar refractivity (Wildman–Crippen MR) is 128 cm³/mol. The Morgan fingerprint density at radius 2 is 1.55 bits per heavy atom. The lowest BCUT2D eigenvalue weighted by Crippen LogP contribution is -2.33. The number of hydrogen-bond acceptors (Lipinski definition) is 4. The summed E-state index contributed by atoms with van der Waals surface area (Å²) in [7, 11) is 0. The van der Waals surface area contributed by atoms with Crippen LogP contribution in [-0.2, 0) is 9.59 Å². The van der Waals surface area contributed by atoms with E-state index in [4.69, 9.17) is 11.6 Å². The van der Waals surface area contributed by atoms with Crippen LogP contribution in [0.25, 0.3) is 0 Å². The Hall–Kier alpha value is -3.02. The Kier molecular flexibility index (Phi) is 5.90. The Labute approximate surface area is 190 Å². The van der Waals surface area contributed by atoms with Crippen molar-refractivity contribution in [1.82, 2.24) is 0 Å². The molecule has 2 amide bonds. The average molecular weight is 449 g/mol. The highest BCUT2D eigenvalue weighted by Crippen LogP contribution is 2.39. The molecule has 0 bridgehead atoms. The minimum absolute atomic E-state index is 0.277. The van der Waals surface area contributed by atoms with Crippen molar-refractivity contribution in [2.45, 2.75) is 25.7 Å². The van der Waals surface area contributed by atoms with Crippen molar-refractivity contribution in [2.75, 3.05) is 10.2 Å². The number of anilines is 2. The van der Waals surface area contributed by atoms with Crippen LogP contribution in [0, 0.1) is 20.8 Å². The number of nitrogens with one attached hydrogen (secondary N) is 1. The zero-order valence-corrected chi connectivity index (χ0v) is 19.0. The van der Waals surface area contributed by atoms with E-state index in [9.17, 15) is 9.59 Å². The molecule has 1 heterocycles. The Morgan fingerprint density at radius 1 is 0.839 bits per heavy atom. The third-order valence-corrected chi connectivity index (χ3v) is 6.42. The van der Waals surface area contributed by atoms with Crippen molar-refractivity contribution >= 4 is 46.6 Å². The highest BCUT2D eigenvalue weighted by Gasteiger charge is 2.40. The number of amides is 2. The standard InChI is InChI=1S/C25H21ClN2O2S/c1-15-8-13-21(17(3)14-15)28-24(29)22(27-20-7-5-4-6-16(20)2)23(25(28)30)31-19-11-9-18(26)10-12-19/h4-14,27H,1-3H3. The molecule has 4 nitrogen and oxygen atoms in total. The summed E-state index contributed by atoms with van der Waals surface area (Å²) in [5.41, 5.74) is 4.58. The lowest BCUT2D eigenvalue weighted by Gasteiger charge is -2.18. The van der Waals surface area contributed by atoms with E-state index in [1.165, 1.54) is 16.7 Å². The predicted octanol–water partition coefficient (Wildman–Crippen LogP) is 6.25. The van der Waals surface area contributed by atoms with Crippen molar-refractivity contribution in [3.8, 4) is 0 Å². The van der Waals surface area contributed by atoms with Crippen LogP contribution in [0.2, 0.25) is 5.02 Å². The normalized spacial score (nSPS) is 13.9. The van der Waals surface area contributed by atoms with E-state index >= 15 is 0 Å². The number of carbonyl (C=O) groups is 2. The van der Waals surface area contributed by atoms with Crippen LogP contribution in [0.3, 0.4) is 0 Å². The number of imide groups is 1. The molecule has 156 valence electrons. The van der Waals surface area contributed by atoms with Crippen LogP contribution in [0.1, 0.15) is 16.7 Å². The maximum absolute atomic E-state index is 13.5. The molecule has 1 aliphatic heterocycles. The zero-order chi connectivity index (χ0) is 22.1. The fourth-order valence-electron chi connectivity index (χ4n) is 3.46. The highest BCUT2D eigenvalue weighted by molar-refractivity contribution is 8.04. The fourth-order valence-corrected chi connectivity index (χ4v) is 4.51. The molecule has 0 saturated heterocycles. The second kappa shape index (κ2) is 8.61. The van der Waals surface area contributed by atoms with Crippen molar-refractivity contribution in [2.24, 2.45) is 0 Å². The Balaban J connectivity index is 1.78. The maximum atomic E-state index is 13.5. The summed E-state index contributed by atoms with van der Waals surface area (Å²) in [5, 5.41) is 3.84. The molecule has 0 unspecified atom stereocenters. The minimum atomic E-state index is -0.364. The third kappa shape index (κ3) is 4.24. The van der Waals surface area contributed by atoms with E-state index < -0.39 is 0 Å². The van der Waals surface area contributed by atoms with Gasteiger partial charge in [0.15, 0.2) is 0 Å². The van der Waals surface area contributed by atoms with Crippen molar-refractivity contribution in [3.63, 3.8) is 0 Å². The number of hydrogen-bond donors (Lipinski definition) is 1. The van der Waals surface area contributed by atoms with E-state index in [1.54, 1.807) is 12.1 Å². The van der Waals surface area contributed by atoms with Crippen LogP contribution in [0.15, 0.2) is 82.2 Å². The molecule has 0 atom stereocenters. The maximum Gasteiger partial charge on any atom is 0.283 e. The van der Waals surface area contributed by atoms with Gasteiger partial charge in [-0.05, 0) is 68.3 Å². The summed E-state index contributed by atoms with van der Waals surface area (Å²) >= 11 is 7.26. The van der Waals surface area contributed by atoms with Gasteiger partial charge < -0.3 is 5.32 Å². The summed E-state index contributed by atoms with van der Waals surface area (Å²) in [6, 6.07) is 20.6. The molecular weight excluding hydrogens is 428 g/mol. The van der Waals surface area contributed by atoms with Gasteiger partial charge in [0.2, 0.25) is 0 Å². The number of thioether (sulfide) groups is 1. The molecule has 0 saturated carbocycles. The van der Waals surface area contributed by atoms with Gasteiger partial charge in [0.25, 0.3) is 11.8 Å². The molecule has 4 rings (SSSR count). The van der Waals surface area contributed by atoms with Crippen LogP contribution >= 0.6 is 23.4 Å². The van der Waals surface area contributed by atoms with Crippen LogP contribution in [0.5, 0.6) is 0 Å². The molecule has 3 aromatic carbocycles. The summed E-state index contributed by atoms with van der Waals surface area (Å²) in [6.45, 7) is 5.84. The number of para-hydroxylation sites is 1. The molecule has 0 radical (unpaired) electrons. The lowest BCUT2D eigenvalue weighted by molar-refractivity contribution is -0.120. The highest BCUT2D eigenvalue weighted by atomic mass is 35.5. The average Bonchev–Trinajstić information content (AvgIpc) is 2.96. The molecule has 0 spiro atoms. The first-order chi connectivity index (χ1) is 14.8. The van der Waals surface area contributed by atoms with Gasteiger partial charge in [-0.1, -0.05) is 59.3 Å². The van der Waals surface area contributed by atoms with Gasteiger partial charge in [0.05, 0.1) is 5.69 Å². The molecule has 0 aromatic heterocycles. The topological polar surface area (TPSA) is 49.4 Å². The van der Waals surface area contributed by atoms with E-state index in [1.807, 2.05) is 75.4 Å². The number of rotatable bonds is 5. The molecule has 31 heavy (non-hydrogen) atoms. The second-order valence-corrected chi connectivity index (χ2v) is 8.96. The van der Waals surface area contributed by atoms with Crippen LogP contribution in [-0.4, -0.2) is 11.8 Å². The first-order valence-corrected chi connectivity index (χ1v) is 11.0. The van der Waals surface area contributed by atoms with Gasteiger partial charge in [-0.2, -0.15) is 0 Å². The smallest absolute Gasteiger partial charge is 0.283 e. The molecule has 0 aliphatic carbocycles. The lowest BCUT2D eigenvalue weighted by atomic mass is 10.1. The van der Waals surface area contributed by atoms with E-state index in [2.05, 4.69) is 5.32 Å². The second-order valence-electron chi connectivity index (χ2n) is 7.44. The number of benzene rings is 3. The van der Waals surface area contributed by atoms with Gasteiger partial charge in [-0.25, -0.2) is 4.90 Å². The Bertz CT molecular complexity index is 1220. The molecule has 3 aromatic rings. The summed E-state index contributed by atoms with van der Waals surface area (Å²) in [4.78, 5) is 29.4. The SMILES string of the molecule is Cc1ccc(N2C(=O)C(Nc3ccccc3C)=C(Sc3ccc(Cl)cc3)C2=O)c(C)c1. The van der Waals surface area contributed by atoms with E-state index in [0.717, 1.165) is 27.3 Å². The number of aryl methyl sites for hydroxylation is 3. The third-order valence-electron chi connectivity index (χ3n) is 5.07. The molecule has 0 fully saturated rings. The van der Waals surface area contributed by atoms with E-state index in [0.29, 0.717) is 15.6 Å². The van der Waals surface area contributed by atoms with Gasteiger partial charge >= 0.3 is 0 Å². The molecule has 1 N–H and O–H groups in total. The van der Waals surface area contributed by atoms with Crippen LogP contribution < -0.4 is 10.2 Å². The largest absolute Gasteiger partial charge is 0.350 e. The van der Waals surface area contributed by atoms with Crippen molar-refractivity contribution < 1.29 is 9.59 Å². The van der Waals surface area contributed by atoms with Crippen molar-refractivity contribution in [3.05, 3.63) is 99.0 Å². The summed E-state index contributed by atoms with van der Waals surface area (Å²) < 4.78 is 0.